The van der Waals surface area contributed by atoms with E-state index in [1.165, 1.54) is 6.26 Å². The molecule has 0 radical (unpaired) electrons. The van der Waals surface area contributed by atoms with Crippen LogP contribution < -0.4 is 20.7 Å². The Balaban J connectivity index is 1.49. The van der Waals surface area contributed by atoms with Gasteiger partial charge in [0.2, 0.25) is 5.91 Å². The molecule has 0 aliphatic rings. The van der Waals surface area contributed by atoms with E-state index in [4.69, 9.17) is 4.74 Å². The van der Waals surface area contributed by atoms with Crippen molar-refractivity contribution in [1.29, 1.82) is 0 Å². The van der Waals surface area contributed by atoms with Crippen molar-refractivity contribution in [3.8, 4) is 16.9 Å². The van der Waals surface area contributed by atoms with Crippen LogP contribution in [0.1, 0.15) is 5.56 Å². The molecule has 0 unspecified atom stereocenters. The highest BCUT2D eigenvalue weighted by Crippen LogP contribution is 2.28. The summed E-state index contributed by atoms with van der Waals surface area (Å²) in [5.41, 5.74) is 3.23. The van der Waals surface area contributed by atoms with Crippen LogP contribution in [0, 0.1) is 0 Å². The maximum atomic E-state index is 13.3. The van der Waals surface area contributed by atoms with Crippen molar-refractivity contribution in [2.45, 2.75) is 17.4 Å². The van der Waals surface area contributed by atoms with Crippen LogP contribution in [-0.4, -0.2) is 39.8 Å². The number of anilines is 2. The maximum absolute atomic E-state index is 13.3. The van der Waals surface area contributed by atoms with Gasteiger partial charge >= 0.3 is 6.03 Å². The summed E-state index contributed by atoms with van der Waals surface area (Å²) in [5.74, 6) is 0.265. The Labute approximate surface area is 228 Å². The van der Waals surface area contributed by atoms with Gasteiger partial charge in [0.15, 0.2) is 9.84 Å². The summed E-state index contributed by atoms with van der Waals surface area (Å²) >= 11 is 0. The third-order valence-corrected chi connectivity index (χ3v) is 7.16. The fraction of sp³-hybridized carbons (Fsp3) is 0.133. The van der Waals surface area contributed by atoms with E-state index in [-0.39, 0.29) is 11.3 Å². The molecule has 0 aliphatic carbocycles. The average molecular weight is 544 g/mol. The highest BCUT2D eigenvalue weighted by atomic mass is 32.2. The standard InChI is InChI=1S/C30H29N3O5S/c1-38-25-18-16-24(17-19-25)32-30(35)33-27(20-21-8-4-3-5-9-21)29(34)31-23-14-12-22(13-15-23)26-10-6-7-11-28(26)39(2,36)37/h3-19,27H,20H2,1-2H3,(H,31,34)(H2,32,33,35)/t27-/m0/s1. The van der Waals surface area contributed by atoms with Gasteiger partial charge in [0, 0.05) is 29.6 Å². The van der Waals surface area contributed by atoms with Crippen molar-refractivity contribution >= 4 is 33.2 Å². The molecule has 0 aromatic heterocycles. The first-order chi connectivity index (χ1) is 18.7. The van der Waals surface area contributed by atoms with Crippen molar-refractivity contribution < 1.29 is 22.7 Å². The Morgan fingerprint density at radius 3 is 2.00 bits per heavy atom. The molecule has 0 heterocycles. The normalized spacial score (nSPS) is 11.7. The van der Waals surface area contributed by atoms with Gasteiger partial charge in [-0.3, -0.25) is 4.79 Å². The van der Waals surface area contributed by atoms with E-state index in [0.29, 0.717) is 28.3 Å². The zero-order valence-corrected chi connectivity index (χ0v) is 22.4. The molecule has 1 atom stereocenters. The summed E-state index contributed by atoms with van der Waals surface area (Å²) < 4.78 is 29.5. The number of sulfone groups is 1. The number of benzene rings is 4. The first kappa shape index (κ1) is 27.4. The molecule has 3 amide bonds. The summed E-state index contributed by atoms with van der Waals surface area (Å²) in [6, 6.07) is 28.5. The predicted molar refractivity (Wildman–Crippen MR) is 153 cm³/mol. The minimum absolute atomic E-state index is 0.233. The van der Waals surface area contributed by atoms with Crippen LogP contribution in [0.5, 0.6) is 5.75 Å². The molecule has 3 N–H and O–H groups in total. The fourth-order valence-electron chi connectivity index (χ4n) is 4.05. The van der Waals surface area contributed by atoms with Crippen molar-refractivity contribution in [1.82, 2.24) is 5.32 Å². The van der Waals surface area contributed by atoms with E-state index in [0.717, 1.165) is 5.56 Å². The maximum Gasteiger partial charge on any atom is 0.319 e. The highest BCUT2D eigenvalue weighted by molar-refractivity contribution is 7.90. The number of urea groups is 1. The van der Waals surface area contributed by atoms with Gasteiger partial charge in [0.1, 0.15) is 11.8 Å². The summed E-state index contributed by atoms with van der Waals surface area (Å²) in [7, 11) is -1.85. The van der Waals surface area contributed by atoms with Crippen molar-refractivity contribution in [3.05, 3.63) is 109 Å². The Morgan fingerprint density at radius 2 is 1.36 bits per heavy atom. The molecule has 0 bridgehead atoms. The quantitative estimate of drug-likeness (QED) is 0.271. The molecule has 0 aliphatic heterocycles. The number of hydrogen-bond acceptors (Lipinski definition) is 5. The lowest BCUT2D eigenvalue weighted by molar-refractivity contribution is -0.117. The number of rotatable bonds is 9. The van der Waals surface area contributed by atoms with Gasteiger partial charge in [-0.15, -0.1) is 0 Å². The van der Waals surface area contributed by atoms with Gasteiger partial charge in [-0.1, -0.05) is 60.7 Å². The van der Waals surface area contributed by atoms with E-state index in [2.05, 4.69) is 16.0 Å². The molecule has 9 heteroatoms. The van der Waals surface area contributed by atoms with E-state index in [9.17, 15) is 18.0 Å². The van der Waals surface area contributed by atoms with E-state index < -0.39 is 27.8 Å². The lowest BCUT2D eigenvalue weighted by Crippen LogP contribution is -2.46. The zero-order valence-electron chi connectivity index (χ0n) is 21.5. The van der Waals surface area contributed by atoms with Crippen LogP contribution in [0.4, 0.5) is 16.2 Å². The first-order valence-electron chi connectivity index (χ1n) is 12.2. The second-order valence-electron chi connectivity index (χ2n) is 8.90. The molecular formula is C30H29N3O5S. The molecular weight excluding hydrogens is 514 g/mol. The summed E-state index contributed by atoms with van der Waals surface area (Å²) in [6.45, 7) is 0. The van der Waals surface area contributed by atoms with Crippen LogP contribution in [0.3, 0.4) is 0 Å². The molecule has 4 aromatic carbocycles. The molecule has 0 spiro atoms. The molecule has 0 saturated carbocycles. The zero-order chi connectivity index (χ0) is 27.8. The molecule has 4 aromatic rings. The summed E-state index contributed by atoms with van der Waals surface area (Å²) in [6.07, 6.45) is 1.45. The molecule has 8 nitrogen and oxygen atoms in total. The summed E-state index contributed by atoms with van der Waals surface area (Å²) in [4.78, 5) is 26.3. The Kier molecular flexibility index (Phi) is 8.63. The Hall–Kier alpha value is -4.63. The SMILES string of the molecule is COc1ccc(NC(=O)N[C@@H](Cc2ccccc2)C(=O)Nc2ccc(-c3ccccc3S(C)(=O)=O)cc2)cc1. The number of nitrogens with one attached hydrogen (secondary N) is 3. The third kappa shape index (κ3) is 7.45. The van der Waals surface area contributed by atoms with Crippen LogP contribution in [-0.2, 0) is 21.1 Å². The molecule has 0 saturated heterocycles. The Morgan fingerprint density at radius 1 is 0.769 bits per heavy atom. The first-order valence-corrected chi connectivity index (χ1v) is 14.1. The number of amides is 3. The van der Waals surface area contributed by atoms with Gasteiger partial charge in [0.25, 0.3) is 0 Å². The largest absolute Gasteiger partial charge is 0.497 e. The van der Waals surface area contributed by atoms with Crippen LogP contribution >= 0.6 is 0 Å². The van der Waals surface area contributed by atoms with Crippen molar-refractivity contribution in [3.63, 3.8) is 0 Å². The van der Waals surface area contributed by atoms with Gasteiger partial charge in [-0.05, 0) is 53.6 Å². The second kappa shape index (κ2) is 12.3. The van der Waals surface area contributed by atoms with Gasteiger partial charge in [-0.2, -0.15) is 0 Å². The van der Waals surface area contributed by atoms with Gasteiger partial charge < -0.3 is 20.7 Å². The smallest absolute Gasteiger partial charge is 0.319 e. The average Bonchev–Trinajstić information content (AvgIpc) is 2.93. The highest BCUT2D eigenvalue weighted by Gasteiger charge is 2.22. The second-order valence-corrected chi connectivity index (χ2v) is 10.9. The number of hydrogen-bond donors (Lipinski definition) is 3. The van der Waals surface area contributed by atoms with E-state index in [1.807, 2.05) is 30.3 Å². The number of ether oxygens (including phenoxy) is 1. The molecule has 4 rings (SSSR count). The van der Waals surface area contributed by atoms with Crippen LogP contribution in [0.25, 0.3) is 11.1 Å². The Bertz CT molecular complexity index is 1540. The van der Waals surface area contributed by atoms with Crippen LogP contribution in [0.2, 0.25) is 0 Å². The fourth-order valence-corrected chi connectivity index (χ4v) is 4.96. The molecule has 200 valence electrons. The van der Waals surface area contributed by atoms with Crippen molar-refractivity contribution in [2.24, 2.45) is 0 Å². The van der Waals surface area contributed by atoms with Crippen molar-refractivity contribution in [2.75, 3.05) is 24.0 Å². The van der Waals surface area contributed by atoms with Gasteiger partial charge in [0.05, 0.1) is 12.0 Å². The number of carbonyl (C=O) groups excluding carboxylic acids is 2. The molecule has 0 fully saturated rings. The van der Waals surface area contributed by atoms with E-state index >= 15 is 0 Å². The summed E-state index contributed by atoms with van der Waals surface area (Å²) in [5, 5.41) is 8.35. The topological polar surface area (TPSA) is 114 Å². The predicted octanol–water partition coefficient (Wildman–Crippen LogP) is 5.14. The number of carbonyl (C=O) groups is 2. The molecule has 39 heavy (non-hydrogen) atoms. The third-order valence-electron chi connectivity index (χ3n) is 6.00. The monoisotopic (exact) mass is 543 g/mol. The van der Waals surface area contributed by atoms with Crippen LogP contribution in [0.15, 0.2) is 108 Å². The van der Waals surface area contributed by atoms with E-state index in [1.54, 1.807) is 79.9 Å². The van der Waals surface area contributed by atoms with Gasteiger partial charge in [-0.25, -0.2) is 13.2 Å². The minimum Gasteiger partial charge on any atom is -0.497 e. The lowest BCUT2D eigenvalue weighted by Gasteiger charge is -2.19. The number of methoxy groups -OCH3 is 1. The minimum atomic E-state index is -3.41. The lowest BCUT2D eigenvalue weighted by atomic mass is 10.0.